The number of pyridine rings is 1. The van der Waals surface area contributed by atoms with E-state index < -0.39 is 5.91 Å². The molecule has 1 aromatic carbocycles. The lowest BCUT2D eigenvalue weighted by Gasteiger charge is -2.06. The topological polar surface area (TPSA) is 91.2 Å². The molecule has 0 aliphatic rings. The number of primary amides is 1. The van der Waals surface area contributed by atoms with Gasteiger partial charge in [-0.25, -0.2) is 4.98 Å². The third-order valence-corrected chi connectivity index (χ3v) is 3.30. The van der Waals surface area contributed by atoms with Crippen LogP contribution in [-0.4, -0.2) is 16.0 Å². The van der Waals surface area contributed by atoms with Crippen LogP contribution in [0.1, 0.15) is 21.8 Å². The highest BCUT2D eigenvalue weighted by molar-refractivity contribution is 5.90. The van der Waals surface area contributed by atoms with Crippen molar-refractivity contribution in [2.45, 2.75) is 13.5 Å². The summed E-state index contributed by atoms with van der Waals surface area (Å²) in [5.74, 6) is 0.306. The zero-order valence-corrected chi connectivity index (χ0v) is 12.4. The standard InChI is InChI=1S/C17H14N3O3/c1-11-13(16(20-23-11)12-6-3-2-4-7-12)10-22-15-9-5-8-14(19-15)17(18)21/h2-7,9H,10H2,1H3,(H2,18,21). The highest BCUT2D eigenvalue weighted by Gasteiger charge is 2.15. The van der Waals surface area contributed by atoms with Crippen LogP contribution in [0.5, 0.6) is 5.88 Å². The van der Waals surface area contributed by atoms with Crippen LogP contribution in [-0.2, 0) is 6.61 Å². The van der Waals surface area contributed by atoms with E-state index in [2.05, 4.69) is 16.2 Å². The number of benzene rings is 1. The van der Waals surface area contributed by atoms with Gasteiger partial charge in [-0.05, 0) is 13.0 Å². The van der Waals surface area contributed by atoms with Crippen molar-refractivity contribution in [3.05, 3.63) is 65.5 Å². The predicted molar refractivity (Wildman–Crippen MR) is 82.6 cm³/mol. The summed E-state index contributed by atoms with van der Waals surface area (Å²) >= 11 is 0. The maximum absolute atomic E-state index is 11.1. The smallest absolute Gasteiger partial charge is 0.268 e. The summed E-state index contributed by atoms with van der Waals surface area (Å²) in [6.45, 7) is 2.04. The number of carbonyl (C=O) groups is 1. The van der Waals surface area contributed by atoms with E-state index in [1.165, 1.54) is 0 Å². The molecule has 1 radical (unpaired) electrons. The van der Waals surface area contributed by atoms with Crippen molar-refractivity contribution < 1.29 is 14.1 Å². The Bertz CT molecular complexity index is 828. The lowest BCUT2D eigenvalue weighted by atomic mass is 10.1. The van der Waals surface area contributed by atoms with E-state index in [0.717, 1.165) is 16.8 Å². The molecule has 115 valence electrons. The minimum Gasteiger partial charge on any atom is -0.473 e. The second-order valence-electron chi connectivity index (χ2n) is 4.86. The molecule has 1 amide bonds. The number of nitrogens with zero attached hydrogens (tertiary/aromatic N) is 2. The number of ether oxygens (including phenoxy) is 1. The Labute approximate surface area is 132 Å². The fourth-order valence-electron chi connectivity index (χ4n) is 2.11. The zero-order chi connectivity index (χ0) is 16.2. The van der Waals surface area contributed by atoms with E-state index in [1.54, 1.807) is 12.1 Å². The van der Waals surface area contributed by atoms with Crippen LogP contribution in [0.2, 0.25) is 0 Å². The molecule has 2 aromatic heterocycles. The van der Waals surface area contributed by atoms with Gasteiger partial charge in [0.15, 0.2) is 0 Å². The molecule has 0 spiro atoms. The molecule has 3 aromatic rings. The van der Waals surface area contributed by atoms with Crippen molar-refractivity contribution >= 4 is 5.91 Å². The van der Waals surface area contributed by atoms with E-state index >= 15 is 0 Å². The molecule has 6 nitrogen and oxygen atoms in total. The SMILES string of the molecule is Cc1onc(-c2ccccc2)c1COc1cc[c]c(C(N)=O)n1. The van der Waals surface area contributed by atoms with Gasteiger partial charge in [-0.15, -0.1) is 0 Å². The Morgan fingerprint density at radius 1 is 1.30 bits per heavy atom. The molecular formula is C17H14N3O3. The van der Waals surface area contributed by atoms with Crippen LogP contribution in [0, 0.1) is 13.0 Å². The lowest BCUT2D eigenvalue weighted by Crippen LogP contribution is -2.13. The van der Waals surface area contributed by atoms with Gasteiger partial charge in [-0.2, -0.15) is 0 Å². The number of aryl methyl sites for hydroxylation is 1. The molecular weight excluding hydrogens is 294 g/mol. The number of hydrogen-bond donors (Lipinski definition) is 1. The Kier molecular flexibility index (Phi) is 4.05. The predicted octanol–water partition coefficient (Wildman–Crippen LogP) is 2.52. The van der Waals surface area contributed by atoms with Gasteiger partial charge in [-0.3, -0.25) is 4.79 Å². The van der Waals surface area contributed by atoms with Crippen LogP contribution >= 0.6 is 0 Å². The first-order valence-electron chi connectivity index (χ1n) is 6.97. The highest BCUT2D eigenvalue weighted by Crippen LogP contribution is 2.26. The molecule has 0 bridgehead atoms. The van der Waals surface area contributed by atoms with Crippen molar-refractivity contribution in [2.75, 3.05) is 0 Å². The van der Waals surface area contributed by atoms with Gasteiger partial charge in [0, 0.05) is 17.7 Å². The Morgan fingerprint density at radius 2 is 2.09 bits per heavy atom. The van der Waals surface area contributed by atoms with Gasteiger partial charge in [0.2, 0.25) is 5.88 Å². The highest BCUT2D eigenvalue weighted by atomic mass is 16.5. The average molecular weight is 308 g/mol. The molecule has 3 rings (SSSR count). The number of carbonyl (C=O) groups excluding carboxylic acids is 1. The van der Waals surface area contributed by atoms with Gasteiger partial charge < -0.3 is 15.0 Å². The fourth-order valence-corrected chi connectivity index (χ4v) is 2.11. The number of hydrogen-bond acceptors (Lipinski definition) is 5. The first-order valence-corrected chi connectivity index (χ1v) is 6.97. The summed E-state index contributed by atoms with van der Waals surface area (Å²) < 4.78 is 10.9. The van der Waals surface area contributed by atoms with Crippen LogP contribution in [0.15, 0.2) is 47.0 Å². The van der Waals surface area contributed by atoms with Crippen molar-refractivity contribution in [2.24, 2.45) is 5.73 Å². The van der Waals surface area contributed by atoms with Gasteiger partial charge in [0.05, 0.1) is 5.56 Å². The zero-order valence-electron chi connectivity index (χ0n) is 12.4. The lowest BCUT2D eigenvalue weighted by molar-refractivity contribution is 0.0994. The van der Waals surface area contributed by atoms with E-state index in [4.69, 9.17) is 15.0 Å². The Morgan fingerprint density at radius 3 is 2.83 bits per heavy atom. The van der Waals surface area contributed by atoms with Crippen LogP contribution in [0.3, 0.4) is 0 Å². The summed E-state index contributed by atoms with van der Waals surface area (Å²) in [7, 11) is 0. The third-order valence-electron chi connectivity index (χ3n) is 3.30. The molecule has 0 unspecified atom stereocenters. The van der Waals surface area contributed by atoms with E-state index in [9.17, 15) is 4.79 Å². The first-order chi connectivity index (χ1) is 11.1. The van der Waals surface area contributed by atoms with Gasteiger partial charge in [0.1, 0.15) is 23.8 Å². The summed E-state index contributed by atoms with van der Waals surface area (Å²) in [4.78, 5) is 15.1. The molecule has 6 heteroatoms. The van der Waals surface area contributed by atoms with Crippen molar-refractivity contribution in [3.63, 3.8) is 0 Å². The van der Waals surface area contributed by atoms with Crippen molar-refractivity contribution in [3.8, 4) is 17.1 Å². The fraction of sp³-hybridized carbons (Fsp3) is 0.118. The van der Waals surface area contributed by atoms with Gasteiger partial charge >= 0.3 is 0 Å². The van der Waals surface area contributed by atoms with Crippen LogP contribution in [0.25, 0.3) is 11.3 Å². The number of aromatic nitrogens is 2. The minimum atomic E-state index is -0.651. The Balaban J connectivity index is 1.83. The molecule has 0 atom stereocenters. The quantitative estimate of drug-likeness (QED) is 0.782. The number of amides is 1. The molecule has 23 heavy (non-hydrogen) atoms. The molecule has 0 aliphatic carbocycles. The molecule has 0 saturated carbocycles. The molecule has 0 fully saturated rings. The van der Waals surface area contributed by atoms with E-state index in [-0.39, 0.29) is 18.2 Å². The summed E-state index contributed by atoms with van der Waals surface area (Å²) in [6.07, 6.45) is 0. The second-order valence-corrected chi connectivity index (χ2v) is 4.86. The summed E-state index contributed by atoms with van der Waals surface area (Å²) in [5.41, 5.74) is 7.71. The van der Waals surface area contributed by atoms with Gasteiger partial charge in [0.25, 0.3) is 5.91 Å². The Hall–Kier alpha value is -3.15. The largest absolute Gasteiger partial charge is 0.473 e. The monoisotopic (exact) mass is 308 g/mol. The van der Waals surface area contributed by atoms with E-state index in [1.807, 2.05) is 37.3 Å². The number of rotatable bonds is 5. The molecule has 0 saturated heterocycles. The van der Waals surface area contributed by atoms with Gasteiger partial charge in [-0.1, -0.05) is 35.5 Å². The van der Waals surface area contributed by atoms with Crippen LogP contribution in [0.4, 0.5) is 0 Å². The molecule has 2 N–H and O–H groups in total. The molecule has 0 aliphatic heterocycles. The van der Waals surface area contributed by atoms with Crippen molar-refractivity contribution in [1.82, 2.24) is 10.1 Å². The second kappa shape index (κ2) is 6.31. The summed E-state index contributed by atoms with van der Waals surface area (Å²) in [5, 5.41) is 4.09. The van der Waals surface area contributed by atoms with Crippen molar-refractivity contribution in [1.29, 1.82) is 0 Å². The summed E-state index contributed by atoms with van der Waals surface area (Å²) in [6, 6.07) is 15.5. The van der Waals surface area contributed by atoms with Crippen LogP contribution < -0.4 is 10.5 Å². The maximum atomic E-state index is 11.1. The third kappa shape index (κ3) is 3.21. The normalized spacial score (nSPS) is 10.5. The first kappa shape index (κ1) is 14.8. The number of nitrogens with two attached hydrogens (primary N) is 1. The molecule has 2 heterocycles. The maximum Gasteiger partial charge on any atom is 0.268 e. The average Bonchev–Trinajstić information content (AvgIpc) is 2.95. The van der Waals surface area contributed by atoms with E-state index in [0.29, 0.717) is 5.76 Å². The minimum absolute atomic E-state index is 0.0350.